The lowest BCUT2D eigenvalue weighted by Crippen LogP contribution is -2.32. The molecule has 0 aliphatic heterocycles. The maximum atomic E-state index is 5.73. The van der Waals surface area contributed by atoms with Crippen LogP contribution in [-0.2, 0) is 6.54 Å². The van der Waals surface area contributed by atoms with Gasteiger partial charge in [-0.2, -0.15) is 0 Å². The first-order chi connectivity index (χ1) is 7.11. The molecular weight excluding hydrogens is 224 g/mol. The summed E-state index contributed by atoms with van der Waals surface area (Å²) in [4.78, 5) is 2.21. The molecule has 0 saturated carbocycles. The smallest absolute Gasteiger partial charge is 0.118 e. The van der Waals surface area contributed by atoms with Crippen LogP contribution in [-0.4, -0.2) is 31.6 Å². The predicted octanol–water partition coefficient (Wildman–Crippen LogP) is 1.90. The molecule has 0 heterocycles. The minimum atomic E-state index is 0. The molecule has 1 aromatic rings. The van der Waals surface area contributed by atoms with Crippen molar-refractivity contribution in [1.29, 1.82) is 0 Å². The van der Waals surface area contributed by atoms with Gasteiger partial charge in [-0.25, -0.2) is 0 Å². The van der Waals surface area contributed by atoms with Crippen LogP contribution < -0.4 is 10.5 Å². The standard InChI is InChI=1S/C12H20N2O.ClH/c1-10(13)8-14(2)9-11-4-6-12(15-3)7-5-11;/h4-7,10H,8-9,13H2,1-3H3;1H. The molecule has 0 aromatic heterocycles. The van der Waals surface area contributed by atoms with Crippen LogP contribution in [0.1, 0.15) is 12.5 Å². The third kappa shape index (κ3) is 5.35. The molecule has 2 N–H and O–H groups in total. The van der Waals surface area contributed by atoms with Gasteiger partial charge in [-0.15, -0.1) is 12.4 Å². The lowest BCUT2D eigenvalue weighted by Gasteiger charge is -2.18. The molecule has 16 heavy (non-hydrogen) atoms. The second-order valence-electron chi connectivity index (χ2n) is 4.02. The predicted molar refractivity (Wildman–Crippen MR) is 70.2 cm³/mol. The van der Waals surface area contributed by atoms with Crippen molar-refractivity contribution in [2.75, 3.05) is 20.7 Å². The second-order valence-corrected chi connectivity index (χ2v) is 4.02. The van der Waals surface area contributed by atoms with Gasteiger partial charge in [-0.05, 0) is 31.7 Å². The average Bonchev–Trinajstić information content (AvgIpc) is 2.17. The van der Waals surface area contributed by atoms with Crippen molar-refractivity contribution in [2.24, 2.45) is 5.73 Å². The zero-order chi connectivity index (χ0) is 11.3. The highest BCUT2D eigenvalue weighted by molar-refractivity contribution is 5.85. The first-order valence-corrected chi connectivity index (χ1v) is 5.19. The fourth-order valence-electron chi connectivity index (χ4n) is 1.60. The van der Waals surface area contributed by atoms with Crippen molar-refractivity contribution in [3.8, 4) is 5.75 Å². The zero-order valence-corrected chi connectivity index (χ0v) is 11.0. The minimum absolute atomic E-state index is 0. The Balaban J connectivity index is 0.00000225. The van der Waals surface area contributed by atoms with E-state index in [9.17, 15) is 0 Å². The van der Waals surface area contributed by atoms with E-state index in [1.807, 2.05) is 19.1 Å². The van der Waals surface area contributed by atoms with E-state index in [4.69, 9.17) is 10.5 Å². The van der Waals surface area contributed by atoms with Crippen molar-refractivity contribution in [1.82, 2.24) is 4.90 Å². The van der Waals surface area contributed by atoms with Gasteiger partial charge in [-0.1, -0.05) is 12.1 Å². The van der Waals surface area contributed by atoms with Crippen molar-refractivity contribution in [2.45, 2.75) is 19.5 Å². The Hall–Kier alpha value is -0.770. The van der Waals surface area contributed by atoms with Crippen LogP contribution in [0.4, 0.5) is 0 Å². The fourth-order valence-corrected chi connectivity index (χ4v) is 1.60. The molecule has 1 atom stereocenters. The van der Waals surface area contributed by atoms with Gasteiger partial charge in [-0.3, -0.25) is 0 Å². The van der Waals surface area contributed by atoms with E-state index in [-0.39, 0.29) is 18.4 Å². The lowest BCUT2D eigenvalue weighted by molar-refractivity contribution is 0.310. The minimum Gasteiger partial charge on any atom is -0.497 e. The number of nitrogens with two attached hydrogens (primary N) is 1. The fraction of sp³-hybridized carbons (Fsp3) is 0.500. The number of methoxy groups -OCH3 is 1. The number of rotatable bonds is 5. The highest BCUT2D eigenvalue weighted by Crippen LogP contribution is 2.12. The normalized spacial score (nSPS) is 12.1. The number of nitrogens with zero attached hydrogens (tertiary/aromatic N) is 1. The Morgan fingerprint density at radius 1 is 1.31 bits per heavy atom. The monoisotopic (exact) mass is 244 g/mol. The summed E-state index contributed by atoms with van der Waals surface area (Å²) in [5.74, 6) is 0.897. The van der Waals surface area contributed by atoms with E-state index < -0.39 is 0 Å². The van der Waals surface area contributed by atoms with Crippen LogP contribution in [0.2, 0.25) is 0 Å². The Labute approximate surface area is 104 Å². The van der Waals surface area contributed by atoms with Crippen LogP contribution in [0.25, 0.3) is 0 Å². The van der Waals surface area contributed by atoms with Gasteiger partial charge in [0.2, 0.25) is 0 Å². The van der Waals surface area contributed by atoms with Gasteiger partial charge in [0.1, 0.15) is 5.75 Å². The summed E-state index contributed by atoms with van der Waals surface area (Å²) in [6, 6.07) is 8.34. The number of hydrogen-bond acceptors (Lipinski definition) is 3. The second kappa shape index (κ2) is 7.49. The number of ether oxygens (including phenoxy) is 1. The molecule has 92 valence electrons. The van der Waals surface area contributed by atoms with E-state index in [2.05, 4.69) is 24.1 Å². The molecule has 0 spiro atoms. The summed E-state index contributed by atoms with van der Waals surface area (Å²) in [5.41, 5.74) is 7.01. The number of hydrogen-bond donors (Lipinski definition) is 1. The number of benzene rings is 1. The zero-order valence-electron chi connectivity index (χ0n) is 10.1. The third-order valence-corrected chi connectivity index (χ3v) is 2.21. The summed E-state index contributed by atoms with van der Waals surface area (Å²) < 4.78 is 5.11. The molecule has 1 rings (SSSR count). The molecule has 1 aromatic carbocycles. The topological polar surface area (TPSA) is 38.5 Å². The molecule has 0 amide bonds. The number of halogens is 1. The largest absolute Gasteiger partial charge is 0.497 e. The molecule has 0 aliphatic rings. The molecule has 0 aliphatic carbocycles. The van der Waals surface area contributed by atoms with Crippen LogP contribution in [0.5, 0.6) is 5.75 Å². The highest BCUT2D eigenvalue weighted by Gasteiger charge is 2.02. The Bertz CT molecular complexity index is 288. The van der Waals surface area contributed by atoms with Gasteiger partial charge in [0.05, 0.1) is 7.11 Å². The number of likely N-dealkylation sites (N-methyl/N-ethyl adjacent to an activating group) is 1. The van der Waals surface area contributed by atoms with E-state index in [1.54, 1.807) is 7.11 Å². The molecule has 4 heteroatoms. The quantitative estimate of drug-likeness (QED) is 0.860. The maximum absolute atomic E-state index is 5.73. The van der Waals surface area contributed by atoms with Gasteiger partial charge in [0, 0.05) is 19.1 Å². The van der Waals surface area contributed by atoms with Crippen LogP contribution >= 0.6 is 12.4 Å². The SMILES string of the molecule is COc1ccc(CN(C)CC(C)N)cc1.Cl. The van der Waals surface area contributed by atoms with Crippen molar-refractivity contribution in [3.05, 3.63) is 29.8 Å². The van der Waals surface area contributed by atoms with Gasteiger partial charge in [0.25, 0.3) is 0 Å². The molecule has 3 nitrogen and oxygen atoms in total. The van der Waals surface area contributed by atoms with E-state index in [1.165, 1.54) is 5.56 Å². The molecular formula is C12H21ClN2O. The van der Waals surface area contributed by atoms with Gasteiger partial charge in [0.15, 0.2) is 0 Å². The van der Waals surface area contributed by atoms with Crippen LogP contribution in [0, 0.1) is 0 Å². The summed E-state index contributed by atoms with van der Waals surface area (Å²) in [6.07, 6.45) is 0. The first-order valence-electron chi connectivity index (χ1n) is 5.19. The first kappa shape index (κ1) is 15.2. The van der Waals surface area contributed by atoms with Crippen LogP contribution in [0.15, 0.2) is 24.3 Å². The van der Waals surface area contributed by atoms with E-state index in [0.717, 1.165) is 18.8 Å². The Kier molecular flexibility index (Phi) is 7.13. The maximum Gasteiger partial charge on any atom is 0.118 e. The molecule has 0 fully saturated rings. The third-order valence-electron chi connectivity index (χ3n) is 2.21. The van der Waals surface area contributed by atoms with Crippen molar-refractivity contribution >= 4 is 12.4 Å². The lowest BCUT2D eigenvalue weighted by atomic mass is 10.2. The molecule has 0 bridgehead atoms. The van der Waals surface area contributed by atoms with Crippen molar-refractivity contribution < 1.29 is 4.74 Å². The molecule has 1 unspecified atom stereocenters. The summed E-state index contributed by atoms with van der Waals surface area (Å²) in [6.45, 7) is 3.85. The van der Waals surface area contributed by atoms with Crippen LogP contribution in [0.3, 0.4) is 0 Å². The summed E-state index contributed by atoms with van der Waals surface area (Å²) in [5, 5.41) is 0. The Morgan fingerprint density at radius 3 is 2.31 bits per heavy atom. The average molecular weight is 245 g/mol. The summed E-state index contributed by atoms with van der Waals surface area (Å²) in [7, 11) is 3.75. The molecule has 0 saturated heterocycles. The molecule has 0 radical (unpaired) electrons. The van der Waals surface area contributed by atoms with Gasteiger partial charge < -0.3 is 15.4 Å². The van der Waals surface area contributed by atoms with E-state index in [0.29, 0.717) is 0 Å². The highest BCUT2D eigenvalue weighted by atomic mass is 35.5. The van der Waals surface area contributed by atoms with E-state index >= 15 is 0 Å². The van der Waals surface area contributed by atoms with Crippen molar-refractivity contribution in [3.63, 3.8) is 0 Å². The summed E-state index contributed by atoms with van der Waals surface area (Å²) >= 11 is 0. The Morgan fingerprint density at radius 2 is 1.88 bits per heavy atom. The van der Waals surface area contributed by atoms with Gasteiger partial charge >= 0.3 is 0 Å².